The third-order valence-corrected chi connectivity index (χ3v) is 2.28. The summed E-state index contributed by atoms with van der Waals surface area (Å²) < 4.78 is 0.483. The van der Waals surface area contributed by atoms with E-state index in [0.717, 1.165) is 0 Å². The van der Waals surface area contributed by atoms with E-state index >= 15 is 0 Å². The summed E-state index contributed by atoms with van der Waals surface area (Å²) in [5.74, 6) is -0.668. The first-order valence-corrected chi connectivity index (χ1v) is 4.52. The second kappa shape index (κ2) is 5.25. The van der Waals surface area contributed by atoms with Gasteiger partial charge in [0.15, 0.2) is 5.52 Å². The number of fused-ring (bicyclic) bond motifs is 1. The topological polar surface area (TPSA) is 128 Å². The predicted octanol–water partition coefficient (Wildman–Crippen LogP) is -4.03. The number of nitrogens with two attached hydrogens (primary N) is 1. The van der Waals surface area contributed by atoms with Crippen molar-refractivity contribution in [2.75, 3.05) is 0 Å². The van der Waals surface area contributed by atoms with Crippen molar-refractivity contribution in [3.05, 3.63) is 45.5 Å². The van der Waals surface area contributed by atoms with Crippen molar-refractivity contribution in [3.63, 3.8) is 0 Å². The van der Waals surface area contributed by atoms with Crippen LogP contribution in [0.2, 0.25) is 0 Å². The van der Waals surface area contributed by atoms with Crippen molar-refractivity contribution in [1.82, 2.24) is 4.73 Å². The minimum atomic E-state index is -1.06. The molecule has 4 N–H and O–H groups in total. The summed E-state index contributed by atoms with van der Waals surface area (Å²) in [7, 11) is 0. The molecule has 0 spiro atoms. The number of para-hydroxylation sites is 2. The van der Waals surface area contributed by atoms with Gasteiger partial charge < -0.3 is 21.4 Å². The van der Waals surface area contributed by atoms with Gasteiger partial charge in [-0.25, -0.2) is 0 Å². The summed E-state index contributed by atoms with van der Waals surface area (Å²) in [6.45, 7) is 0. The van der Waals surface area contributed by atoms with Gasteiger partial charge in [0.2, 0.25) is 11.4 Å². The molecule has 0 saturated heterocycles. The molecule has 1 aromatic heterocycles. The Morgan fingerprint density at radius 1 is 1.44 bits per heavy atom. The van der Waals surface area contributed by atoms with Gasteiger partial charge in [0.05, 0.1) is 0 Å². The molecule has 2 rings (SSSR count). The molecular weight excluding hydrogens is 251 g/mol. The van der Waals surface area contributed by atoms with E-state index < -0.39 is 17.1 Å². The SMILES string of the molecule is N/C(=N\O)c1c(=O)n(O)c2ccccc2[n+]1[O-].[Na+]. The van der Waals surface area contributed by atoms with E-state index in [2.05, 4.69) is 5.16 Å². The Bertz CT molecular complexity index is 682. The van der Waals surface area contributed by atoms with E-state index in [4.69, 9.17) is 10.9 Å². The van der Waals surface area contributed by atoms with E-state index in [-0.39, 0.29) is 50.1 Å². The van der Waals surface area contributed by atoms with Crippen LogP contribution in [0.25, 0.3) is 11.0 Å². The molecule has 0 aliphatic rings. The molecule has 0 radical (unpaired) electrons. The zero-order chi connectivity index (χ0) is 12.6. The number of rotatable bonds is 1. The zero-order valence-electron chi connectivity index (χ0n) is 9.44. The summed E-state index contributed by atoms with van der Waals surface area (Å²) in [4.78, 5) is 11.6. The molecule has 0 amide bonds. The summed E-state index contributed by atoms with van der Waals surface area (Å²) in [6, 6.07) is 5.89. The molecule has 0 unspecified atom stereocenters. The molecule has 8 nitrogen and oxygen atoms in total. The van der Waals surface area contributed by atoms with Crippen LogP contribution in [0.4, 0.5) is 0 Å². The van der Waals surface area contributed by atoms with Gasteiger partial charge in [0, 0.05) is 6.07 Å². The largest absolute Gasteiger partial charge is 1.00 e. The molecule has 0 aliphatic carbocycles. The van der Waals surface area contributed by atoms with E-state index in [1.165, 1.54) is 12.1 Å². The van der Waals surface area contributed by atoms with Crippen molar-refractivity contribution in [3.8, 4) is 0 Å². The van der Waals surface area contributed by atoms with Gasteiger partial charge in [-0.1, -0.05) is 17.3 Å². The normalized spacial score (nSPS) is 11.2. The van der Waals surface area contributed by atoms with Crippen LogP contribution in [0.1, 0.15) is 5.69 Å². The number of hydrogen-bond acceptors (Lipinski definition) is 5. The van der Waals surface area contributed by atoms with E-state index in [1.54, 1.807) is 12.1 Å². The maximum atomic E-state index is 11.8. The van der Waals surface area contributed by atoms with Crippen molar-refractivity contribution >= 4 is 16.9 Å². The first-order valence-electron chi connectivity index (χ1n) is 4.52. The third-order valence-electron chi connectivity index (χ3n) is 2.28. The third kappa shape index (κ3) is 2.01. The summed E-state index contributed by atoms with van der Waals surface area (Å²) in [5.41, 5.74) is 3.56. The van der Waals surface area contributed by atoms with Crippen molar-refractivity contribution < 1.29 is 44.7 Å². The van der Waals surface area contributed by atoms with Gasteiger partial charge in [-0.05, 0) is 6.07 Å². The maximum Gasteiger partial charge on any atom is 1.00 e. The van der Waals surface area contributed by atoms with Gasteiger partial charge in [0.1, 0.15) is 0 Å². The van der Waals surface area contributed by atoms with Crippen LogP contribution in [0, 0.1) is 5.21 Å². The van der Waals surface area contributed by atoms with Crippen LogP contribution in [-0.2, 0) is 0 Å². The van der Waals surface area contributed by atoms with Crippen molar-refractivity contribution in [2.45, 2.75) is 0 Å². The number of benzene rings is 1. The molecule has 0 bridgehead atoms. The molecule has 0 saturated carbocycles. The Morgan fingerprint density at radius 2 is 2.06 bits per heavy atom. The number of nitrogens with zero attached hydrogens (tertiary/aromatic N) is 3. The maximum absolute atomic E-state index is 11.8. The summed E-state index contributed by atoms with van der Waals surface area (Å²) in [5, 5.41) is 32.4. The minimum absolute atomic E-state index is 0. The van der Waals surface area contributed by atoms with Crippen LogP contribution < -0.4 is 45.6 Å². The fourth-order valence-corrected chi connectivity index (χ4v) is 1.49. The van der Waals surface area contributed by atoms with Gasteiger partial charge in [-0.2, -0.15) is 4.73 Å². The molecular formula is C9H8N4NaO4+. The van der Waals surface area contributed by atoms with Gasteiger partial charge >= 0.3 is 40.8 Å². The second-order valence-corrected chi connectivity index (χ2v) is 3.23. The van der Waals surface area contributed by atoms with Gasteiger partial charge in [-0.15, -0.1) is 4.73 Å². The van der Waals surface area contributed by atoms with Gasteiger partial charge in [0.25, 0.3) is 0 Å². The Balaban J connectivity index is 0.00000162. The Kier molecular flexibility index (Phi) is 4.17. The van der Waals surface area contributed by atoms with Gasteiger partial charge in [-0.3, -0.25) is 4.79 Å². The monoisotopic (exact) mass is 259 g/mol. The summed E-state index contributed by atoms with van der Waals surface area (Å²) in [6.07, 6.45) is 0. The smallest absolute Gasteiger partial charge is 0.618 e. The molecule has 1 aromatic carbocycles. The Labute approximate surface area is 122 Å². The Hall–Kier alpha value is -1.77. The van der Waals surface area contributed by atoms with Crippen molar-refractivity contribution in [2.24, 2.45) is 10.9 Å². The molecule has 9 heteroatoms. The Morgan fingerprint density at radius 3 is 2.67 bits per heavy atom. The fraction of sp³-hybridized carbons (Fsp3) is 0. The quantitative estimate of drug-likeness (QED) is 0.0702. The molecule has 2 aromatic rings. The first-order chi connectivity index (χ1) is 8.07. The van der Waals surface area contributed by atoms with Crippen molar-refractivity contribution in [1.29, 1.82) is 0 Å². The average molecular weight is 259 g/mol. The molecule has 0 aliphatic heterocycles. The number of hydrogen-bond donors (Lipinski definition) is 3. The average Bonchev–Trinajstić information content (AvgIpc) is 2.36. The zero-order valence-corrected chi connectivity index (χ0v) is 11.4. The van der Waals surface area contributed by atoms with E-state index in [1.807, 2.05) is 0 Å². The molecule has 0 fully saturated rings. The van der Waals surface area contributed by atoms with Crippen LogP contribution in [0.3, 0.4) is 0 Å². The minimum Gasteiger partial charge on any atom is -0.618 e. The van der Waals surface area contributed by atoms with Crippen LogP contribution in [-0.4, -0.2) is 21.0 Å². The molecule has 0 atom stereocenters. The molecule has 18 heavy (non-hydrogen) atoms. The standard InChI is InChI=1S/C9H8N4O4.Na/c10-8(11-15)7-9(14)13(17)6-4-2-1-3-5(6)12(7)16;/h1-4,15,17H,(H2,10,11);/q;+1. The second-order valence-electron chi connectivity index (χ2n) is 3.23. The van der Waals surface area contributed by atoms with Crippen LogP contribution >= 0.6 is 0 Å². The fourth-order valence-electron chi connectivity index (χ4n) is 1.49. The number of oxime groups is 1. The van der Waals surface area contributed by atoms with Crippen LogP contribution in [0.5, 0.6) is 0 Å². The first kappa shape index (κ1) is 14.3. The van der Waals surface area contributed by atoms with E-state index in [9.17, 15) is 15.2 Å². The van der Waals surface area contributed by atoms with Crippen LogP contribution in [0.15, 0.2) is 34.2 Å². The molecule has 88 valence electrons. The van der Waals surface area contributed by atoms with E-state index in [0.29, 0.717) is 0 Å². The summed E-state index contributed by atoms with van der Waals surface area (Å²) >= 11 is 0. The number of amidine groups is 1. The number of aromatic nitrogens is 2. The predicted molar refractivity (Wildman–Crippen MR) is 56.9 cm³/mol. The molecule has 1 heterocycles.